The van der Waals surface area contributed by atoms with E-state index >= 15 is 0 Å². The molecule has 0 heterocycles. The molecule has 0 aliphatic carbocycles. The average Bonchev–Trinajstić information content (AvgIpc) is 2.72. The minimum Gasteiger partial charge on any atom is -0.496 e. The van der Waals surface area contributed by atoms with Gasteiger partial charge in [0.1, 0.15) is 5.75 Å². The van der Waals surface area contributed by atoms with E-state index in [4.69, 9.17) is 4.74 Å². The van der Waals surface area contributed by atoms with E-state index in [9.17, 15) is 8.42 Å². The molecule has 0 fully saturated rings. The average molecular weight is 561 g/mol. The van der Waals surface area contributed by atoms with Crippen molar-refractivity contribution in [1.82, 2.24) is 14.9 Å². The highest BCUT2D eigenvalue weighted by molar-refractivity contribution is 14.0. The molecule has 0 saturated carbocycles. The molecule has 0 spiro atoms. The Morgan fingerprint density at radius 1 is 1.10 bits per heavy atom. The van der Waals surface area contributed by atoms with Crippen molar-refractivity contribution >= 4 is 40.0 Å². The van der Waals surface area contributed by atoms with Crippen molar-refractivity contribution in [1.29, 1.82) is 0 Å². The van der Waals surface area contributed by atoms with E-state index in [1.54, 1.807) is 25.3 Å². The molecule has 0 amide bonds. The fraction of sp³-hybridized carbons (Fsp3) is 0.409. The predicted molar refractivity (Wildman–Crippen MR) is 137 cm³/mol. The number of nitrogens with zero attached hydrogens (tertiary/aromatic N) is 2. The maximum absolute atomic E-state index is 12.6. The summed E-state index contributed by atoms with van der Waals surface area (Å²) in [5.74, 6) is 1.51. The third kappa shape index (κ3) is 7.65. The van der Waals surface area contributed by atoms with Crippen LogP contribution in [0.25, 0.3) is 0 Å². The number of hydrogen-bond acceptors (Lipinski definition) is 4. The standard InChI is InChI=1S/C22H32N4O3S.HI/c1-6-23-22(24-14-13-18-15-17(2)11-12-20(18)29-5)25-16-19-9-7-8-10-21(19)30(27,28)26(3)4;/h7-12,15H,6,13-14,16H2,1-5H3,(H2,23,24,25);1H. The van der Waals surface area contributed by atoms with E-state index in [0.717, 1.165) is 17.7 Å². The SMILES string of the molecule is CCNC(=NCc1ccccc1S(=O)(=O)N(C)C)NCCc1cc(C)ccc1OC.I. The molecule has 0 radical (unpaired) electrons. The van der Waals surface area contributed by atoms with Crippen molar-refractivity contribution in [2.75, 3.05) is 34.3 Å². The van der Waals surface area contributed by atoms with Crippen LogP contribution >= 0.6 is 24.0 Å². The van der Waals surface area contributed by atoms with Crippen molar-refractivity contribution in [3.8, 4) is 5.75 Å². The Balaban J connectivity index is 0.00000480. The molecule has 0 saturated heterocycles. The summed E-state index contributed by atoms with van der Waals surface area (Å²) in [4.78, 5) is 4.87. The fourth-order valence-corrected chi connectivity index (χ4v) is 4.11. The number of halogens is 1. The number of nitrogens with one attached hydrogen (secondary N) is 2. The number of benzene rings is 2. The number of ether oxygens (including phenoxy) is 1. The molecule has 2 aromatic carbocycles. The van der Waals surface area contributed by atoms with Crippen LogP contribution in [-0.2, 0) is 23.0 Å². The van der Waals surface area contributed by atoms with E-state index in [2.05, 4.69) is 28.6 Å². The molecule has 0 aliphatic rings. The Morgan fingerprint density at radius 3 is 2.45 bits per heavy atom. The summed E-state index contributed by atoms with van der Waals surface area (Å²) in [6.07, 6.45) is 0.779. The second kappa shape index (κ2) is 12.9. The van der Waals surface area contributed by atoms with Crippen LogP contribution in [0.5, 0.6) is 5.75 Å². The van der Waals surface area contributed by atoms with Crippen molar-refractivity contribution in [2.24, 2.45) is 4.99 Å². The summed E-state index contributed by atoms with van der Waals surface area (Å²) in [6, 6.07) is 13.1. The Morgan fingerprint density at radius 2 is 1.81 bits per heavy atom. The Labute approximate surface area is 203 Å². The number of hydrogen-bond donors (Lipinski definition) is 2. The Bertz CT molecular complexity index is 978. The molecule has 0 bridgehead atoms. The summed E-state index contributed by atoms with van der Waals surface area (Å²) in [5, 5.41) is 6.52. The zero-order valence-electron chi connectivity index (χ0n) is 18.8. The van der Waals surface area contributed by atoms with Crippen molar-refractivity contribution < 1.29 is 13.2 Å². The Kier molecular flexibility index (Phi) is 11.3. The molecule has 0 unspecified atom stereocenters. The molecular weight excluding hydrogens is 527 g/mol. The van der Waals surface area contributed by atoms with Crippen molar-refractivity contribution in [2.45, 2.75) is 31.7 Å². The summed E-state index contributed by atoms with van der Waals surface area (Å²) >= 11 is 0. The van der Waals surface area contributed by atoms with Crippen LogP contribution in [-0.4, -0.2) is 53.0 Å². The van der Waals surface area contributed by atoms with Gasteiger partial charge in [0.05, 0.1) is 18.6 Å². The number of aryl methyl sites for hydroxylation is 1. The largest absolute Gasteiger partial charge is 0.496 e. The normalized spacial score (nSPS) is 11.7. The minimum atomic E-state index is -3.52. The van der Waals surface area contributed by atoms with Crippen LogP contribution in [0.4, 0.5) is 0 Å². The van der Waals surface area contributed by atoms with E-state index < -0.39 is 10.0 Å². The molecule has 9 heteroatoms. The van der Waals surface area contributed by atoms with E-state index in [-0.39, 0.29) is 35.4 Å². The Hall–Kier alpha value is -1.85. The van der Waals surface area contributed by atoms with Crippen LogP contribution in [0.15, 0.2) is 52.4 Å². The number of rotatable bonds is 9. The van der Waals surface area contributed by atoms with Gasteiger partial charge in [-0.1, -0.05) is 35.9 Å². The van der Waals surface area contributed by atoms with E-state index in [1.165, 1.54) is 24.0 Å². The number of sulfonamides is 1. The molecule has 31 heavy (non-hydrogen) atoms. The molecule has 0 atom stereocenters. The van der Waals surface area contributed by atoms with Gasteiger partial charge in [-0.3, -0.25) is 0 Å². The van der Waals surface area contributed by atoms with Gasteiger partial charge in [-0.25, -0.2) is 17.7 Å². The second-order valence-electron chi connectivity index (χ2n) is 7.08. The van der Waals surface area contributed by atoms with Gasteiger partial charge in [-0.2, -0.15) is 0 Å². The van der Waals surface area contributed by atoms with Crippen LogP contribution in [0, 0.1) is 6.92 Å². The van der Waals surface area contributed by atoms with Crippen LogP contribution in [0.3, 0.4) is 0 Å². The zero-order chi connectivity index (χ0) is 22.1. The summed E-state index contributed by atoms with van der Waals surface area (Å²) in [5.41, 5.74) is 2.97. The minimum absolute atomic E-state index is 0. The van der Waals surface area contributed by atoms with Gasteiger partial charge in [0.25, 0.3) is 0 Å². The van der Waals surface area contributed by atoms with E-state index in [1.807, 2.05) is 25.1 Å². The van der Waals surface area contributed by atoms with Gasteiger partial charge in [-0.15, -0.1) is 24.0 Å². The maximum Gasteiger partial charge on any atom is 0.242 e. The quantitative estimate of drug-likeness (QED) is 0.280. The lowest BCUT2D eigenvalue weighted by Gasteiger charge is -2.15. The molecule has 2 rings (SSSR count). The lowest BCUT2D eigenvalue weighted by Crippen LogP contribution is -2.38. The van der Waals surface area contributed by atoms with Crippen LogP contribution in [0.2, 0.25) is 0 Å². The van der Waals surface area contributed by atoms with Gasteiger partial charge in [0.2, 0.25) is 10.0 Å². The van der Waals surface area contributed by atoms with Crippen molar-refractivity contribution in [3.05, 3.63) is 59.2 Å². The number of aliphatic imine (C=N–C) groups is 1. The number of guanidine groups is 1. The van der Waals surface area contributed by atoms with Gasteiger partial charge in [-0.05, 0) is 43.5 Å². The summed E-state index contributed by atoms with van der Waals surface area (Å²) < 4.78 is 31.8. The fourth-order valence-electron chi connectivity index (χ4n) is 3.01. The smallest absolute Gasteiger partial charge is 0.242 e. The van der Waals surface area contributed by atoms with Gasteiger partial charge >= 0.3 is 0 Å². The van der Waals surface area contributed by atoms with Gasteiger partial charge in [0.15, 0.2) is 5.96 Å². The number of methoxy groups -OCH3 is 1. The molecule has 172 valence electrons. The third-order valence-corrected chi connectivity index (χ3v) is 6.52. The molecule has 2 N–H and O–H groups in total. The summed E-state index contributed by atoms with van der Waals surface area (Å²) in [6.45, 7) is 5.68. The molecular formula is C22H33IN4O3S. The molecule has 7 nitrogen and oxygen atoms in total. The third-order valence-electron chi connectivity index (χ3n) is 4.61. The lowest BCUT2D eigenvalue weighted by atomic mass is 10.1. The first kappa shape index (κ1) is 27.2. The highest BCUT2D eigenvalue weighted by Crippen LogP contribution is 2.20. The second-order valence-corrected chi connectivity index (χ2v) is 9.20. The first-order valence-corrected chi connectivity index (χ1v) is 11.4. The monoisotopic (exact) mass is 560 g/mol. The van der Waals surface area contributed by atoms with Crippen LogP contribution < -0.4 is 15.4 Å². The maximum atomic E-state index is 12.6. The van der Waals surface area contributed by atoms with Crippen molar-refractivity contribution in [3.63, 3.8) is 0 Å². The zero-order valence-corrected chi connectivity index (χ0v) is 22.0. The first-order chi connectivity index (χ1) is 14.3. The molecule has 2 aromatic rings. The van der Waals surface area contributed by atoms with E-state index in [0.29, 0.717) is 24.6 Å². The van der Waals surface area contributed by atoms with Gasteiger partial charge < -0.3 is 15.4 Å². The van der Waals surface area contributed by atoms with Crippen LogP contribution in [0.1, 0.15) is 23.6 Å². The first-order valence-electron chi connectivity index (χ1n) is 9.95. The molecule has 0 aromatic heterocycles. The van der Waals surface area contributed by atoms with Gasteiger partial charge in [0, 0.05) is 27.2 Å². The predicted octanol–water partition coefficient (Wildman–Crippen LogP) is 3.17. The lowest BCUT2D eigenvalue weighted by molar-refractivity contribution is 0.409. The highest BCUT2D eigenvalue weighted by atomic mass is 127. The summed E-state index contributed by atoms with van der Waals surface area (Å²) in [7, 11) is 1.21. The highest BCUT2D eigenvalue weighted by Gasteiger charge is 2.20. The topological polar surface area (TPSA) is 83.0 Å². The molecule has 0 aliphatic heterocycles.